The Morgan fingerprint density at radius 1 is 0.773 bits per heavy atom. The number of guanidine groups is 1. The van der Waals surface area contributed by atoms with Gasteiger partial charge in [0.2, 0.25) is 11.8 Å². The minimum atomic E-state index is -0.826. The van der Waals surface area contributed by atoms with Crippen LogP contribution in [0.5, 0.6) is 0 Å². The van der Waals surface area contributed by atoms with Crippen LogP contribution in [-0.4, -0.2) is 49.1 Å². The van der Waals surface area contributed by atoms with E-state index in [1.54, 1.807) is 19.1 Å². The van der Waals surface area contributed by atoms with Crippen molar-refractivity contribution >= 4 is 29.9 Å². The van der Waals surface area contributed by atoms with Gasteiger partial charge in [0, 0.05) is 19.6 Å². The van der Waals surface area contributed by atoms with Gasteiger partial charge in [0.1, 0.15) is 6.04 Å². The fourth-order valence-electron chi connectivity index (χ4n) is 4.39. The number of nitrogens with zero attached hydrogens (tertiary/aromatic N) is 1. The van der Waals surface area contributed by atoms with Crippen molar-refractivity contribution in [1.82, 2.24) is 21.3 Å². The molecule has 5 amide bonds. The van der Waals surface area contributed by atoms with Crippen molar-refractivity contribution in [3.05, 3.63) is 107 Å². The van der Waals surface area contributed by atoms with Gasteiger partial charge in [0.05, 0.1) is 12.5 Å². The number of aliphatic imine (C=N–C) groups is 1. The first-order valence-corrected chi connectivity index (χ1v) is 14.3. The van der Waals surface area contributed by atoms with Gasteiger partial charge in [-0.2, -0.15) is 0 Å². The zero-order valence-corrected chi connectivity index (χ0v) is 24.6. The molecule has 3 aromatic carbocycles. The van der Waals surface area contributed by atoms with Crippen LogP contribution in [0, 0.1) is 0 Å². The number of nitrogens with two attached hydrogens (primary N) is 2. The Bertz CT molecular complexity index is 1360. The maximum absolute atomic E-state index is 13.7. The van der Waals surface area contributed by atoms with Crippen molar-refractivity contribution in [3.63, 3.8) is 0 Å². The number of benzene rings is 3. The molecule has 0 bridgehead atoms. The minimum absolute atomic E-state index is 0.0402. The Morgan fingerprint density at radius 3 is 1.84 bits per heavy atom. The average Bonchev–Trinajstić information content (AvgIpc) is 3.02. The smallest absolute Gasteiger partial charge is 0.415 e. The minimum Gasteiger partial charge on any atom is -0.450 e. The van der Waals surface area contributed by atoms with Gasteiger partial charge in [-0.05, 0) is 42.0 Å². The summed E-state index contributed by atoms with van der Waals surface area (Å²) in [6.07, 6.45) is -0.0240. The molecule has 0 saturated heterocycles. The maximum Gasteiger partial charge on any atom is 0.415 e. The van der Waals surface area contributed by atoms with Crippen molar-refractivity contribution < 1.29 is 23.9 Å². The number of carbonyl (C=O) groups excluding carboxylic acids is 4. The third-order valence-corrected chi connectivity index (χ3v) is 6.54. The monoisotopic (exact) mass is 601 g/mol. The number of urea groups is 1. The summed E-state index contributed by atoms with van der Waals surface area (Å²) in [5.74, 6) is -1.29. The highest BCUT2D eigenvalue weighted by Crippen LogP contribution is 2.25. The number of imide groups is 1. The predicted molar refractivity (Wildman–Crippen MR) is 167 cm³/mol. The number of nitrogens with one attached hydrogen (secondary N) is 4. The SMILES string of the molecule is CCOC(=O)NC(=O)NCc1ccc(CNC(=O)[C@@H](CCCN=C(N)N)NC(=O)C(c2ccccc2)c2ccccc2)cc1. The van der Waals surface area contributed by atoms with Crippen LogP contribution in [0.3, 0.4) is 0 Å². The molecule has 0 aromatic heterocycles. The van der Waals surface area contributed by atoms with E-state index in [4.69, 9.17) is 11.5 Å². The third kappa shape index (κ3) is 11.1. The van der Waals surface area contributed by atoms with Crippen LogP contribution in [-0.2, 0) is 27.4 Å². The van der Waals surface area contributed by atoms with Crippen molar-refractivity contribution in [3.8, 4) is 0 Å². The molecular weight excluding hydrogens is 562 g/mol. The summed E-state index contributed by atoms with van der Waals surface area (Å²) in [4.78, 5) is 54.2. The Balaban J connectivity index is 1.64. The summed E-state index contributed by atoms with van der Waals surface area (Å²) in [5, 5.41) is 10.5. The molecule has 0 fully saturated rings. The second-order valence-corrected chi connectivity index (χ2v) is 9.83. The van der Waals surface area contributed by atoms with Crippen molar-refractivity contribution in [2.75, 3.05) is 13.2 Å². The summed E-state index contributed by atoms with van der Waals surface area (Å²) in [5.41, 5.74) is 14.1. The van der Waals surface area contributed by atoms with E-state index >= 15 is 0 Å². The standard InChI is InChI=1S/C32H39N7O5/c1-2-44-32(43)39-31(42)37-21-23-17-15-22(16-18-23)20-36-28(40)26(14-9-19-35-30(33)34)38-29(41)27(24-10-5-3-6-11-24)25-12-7-4-8-13-25/h3-8,10-13,15-18,26-27H,2,9,14,19-21H2,1H3,(H,36,40)(H,38,41)(H4,33,34,35)(H2,37,39,42,43)/t26-/m1/s1. The summed E-state index contributed by atoms with van der Waals surface area (Å²) < 4.78 is 4.67. The molecule has 0 aliphatic carbocycles. The molecule has 0 aliphatic heterocycles. The second kappa shape index (κ2) is 17.5. The Hall–Kier alpha value is -5.39. The third-order valence-electron chi connectivity index (χ3n) is 6.54. The number of ether oxygens (including phenoxy) is 1. The van der Waals surface area contributed by atoms with Gasteiger partial charge in [0.25, 0.3) is 0 Å². The normalized spacial score (nSPS) is 11.1. The largest absolute Gasteiger partial charge is 0.450 e. The van der Waals surface area contributed by atoms with Crippen LogP contribution < -0.4 is 32.7 Å². The van der Waals surface area contributed by atoms with E-state index in [1.807, 2.05) is 72.8 Å². The van der Waals surface area contributed by atoms with Crippen LogP contribution >= 0.6 is 0 Å². The van der Waals surface area contributed by atoms with Crippen LogP contribution in [0.4, 0.5) is 9.59 Å². The molecule has 232 valence electrons. The number of amides is 5. The van der Waals surface area contributed by atoms with E-state index in [1.165, 1.54) is 0 Å². The molecule has 0 spiro atoms. The molecular formula is C32H39N7O5. The number of alkyl carbamates (subject to hydrolysis) is 1. The predicted octanol–water partition coefficient (Wildman–Crippen LogP) is 2.63. The number of carbonyl (C=O) groups is 4. The lowest BCUT2D eigenvalue weighted by molar-refractivity contribution is -0.129. The second-order valence-electron chi connectivity index (χ2n) is 9.83. The van der Waals surface area contributed by atoms with Crippen LogP contribution in [0.1, 0.15) is 47.9 Å². The molecule has 0 aliphatic rings. The fourth-order valence-corrected chi connectivity index (χ4v) is 4.39. The Kier molecular flexibility index (Phi) is 13.2. The van der Waals surface area contributed by atoms with E-state index in [-0.39, 0.29) is 37.5 Å². The highest BCUT2D eigenvalue weighted by atomic mass is 16.5. The topological polar surface area (TPSA) is 190 Å². The van der Waals surface area contributed by atoms with E-state index < -0.39 is 24.1 Å². The van der Waals surface area contributed by atoms with E-state index in [0.29, 0.717) is 19.4 Å². The maximum atomic E-state index is 13.7. The molecule has 8 N–H and O–H groups in total. The van der Waals surface area contributed by atoms with Crippen molar-refractivity contribution in [2.24, 2.45) is 16.5 Å². The molecule has 12 heteroatoms. The van der Waals surface area contributed by atoms with Crippen LogP contribution in [0.2, 0.25) is 0 Å². The van der Waals surface area contributed by atoms with E-state index in [9.17, 15) is 19.2 Å². The van der Waals surface area contributed by atoms with E-state index in [2.05, 4.69) is 31.0 Å². The van der Waals surface area contributed by atoms with Crippen molar-refractivity contribution in [1.29, 1.82) is 0 Å². The molecule has 0 heterocycles. The van der Waals surface area contributed by atoms with Crippen molar-refractivity contribution in [2.45, 2.75) is 44.8 Å². The lowest BCUT2D eigenvalue weighted by Gasteiger charge is -2.23. The number of rotatable bonds is 14. The van der Waals surface area contributed by atoms with Crippen LogP contribution in [0.25, 0.3) is 0 Å². The molecule has 0 saturated carbocycles. The van der Waals surface area contributed by atoms with Gasteiger partial charge in [-0.1, -0.05) is 84.9 Å². The lowest BCUT2D eigenvalue weighted by Crippen LogP contribution is -2.48. The summed E-state index contributed by atoms with van der Waals surface area (Å²) >= 11 is 0. The van der Waals surface area contributed by atoms with Crippen LogP contribution in [0.15, 0.2) is 89.9 Å². The molecule has 3 aromatic rings. The highest BCUT2D eigenvalue weighted by molar-refractivity contribution is 5.92. The first-order chi connectivity index (χ1) is 21.3. The summed E-state index contributed by atoms with van der Waals surface area (Å²) in [7, 11) is 0. The number of hydrogen-bond donors (Lipinski definition) is 6. The molecule has 44 heavy (non-hydrogen) atoms. The molecule has 0 radical (unpaired) electrons. The molecule has 1 atom stereocenters. The Morgan fingerprint density at radius 2 is 1.32 bits per heavy atom. The van der Waals surface area contributed by atoms with Gasteiger partial charge in [-0.3, -0.25) is 14.6 Å². The van der Waals surface area contributed by atoms with Gasteiger partial charge in [-0.15, -0.1) is 0 Å². The van der Waals surface area contributed by atoms with E-state index in [0.717, 1.165) is 22.3 Å². The highest BCUT2D eigenvalue weighted by Gasteiger charge is 2.27. The molecule has 3 rings (SSSR count). The zero-order chi connectivity index (χ0) is 31.7. The zero-order valence-electron chi connectivity index (χ0n) is 24.6. The summed E-state index contributed by atoms with van der Waals surface area (Å²) in [6.45, 7) is 2.52. The first kappa shape index (κ1) is 33.1. The molecule has 12 nitrogen and oxygen atoms in total. The van der Waals surface area contributed by atoms with Gasteiger partial charge < -0.3 is 32.2 Å². The quantitative estimate of drug-likeness (QED) is 0.0930. The van der Waals surface area contributed by atoms with Gasteiger partial charge in [-0.25, -0.2) is 14.9 Å². The van der Waals surface area contributed by atoms with Gasteiger partial charge in [0.15, 0.2) is 5.96 Å². The summed E-state index contributed by atoms with van der Waals surface area (Å²) in [6, 6.07) is 24.5. The Labute approximate surface area is 256 Å². The first-order valence-electron chi connectivity index (χ1n) is 14.3. The lowest BCUT2D eigenvalue weighted by atomic mass is 9.90. The van der Waals surface area contributed by atoms with Gasteiger partial charge >= 0.3 is 12.1 Å². The molecule has 0 unspecified atom stereocenters. The fraction of sp³-hybridized carbons (Fsp3) is 0.281. The number of hydrogen-bond acceptors (Lipinski definition) is 6. The average molecular weight is 602 g/mol.